The number of non-ortho nitro benzene ring substituents is 1. The number of thioether (sulfide) groups is 1. The molecule has 228 valence electrons. The lowest BCUT2D eigenvalue weighted by Gasteiger charge is -2.14. The van der Waals surface area contributed by atoms with Crippen LogP contribution in [0, 0.1) is 10.1 Å². The molecule has 0 aliphatic rings. The van der Waals surface area contributed by atoms with Gasteiger partial charge in [0.05, 0.1) is 10.2 Å². The highest BCUT2D eigenvalue weighted by Crippen LogP contribution is 2.28. The van der Waals surface area contributed by atoms with Crippen LogP contribution in [0.25, 0.3) is 6.08 Å². The van der Waals surface area contributed by atoms with E-state index in [-0.39, 0.29) is 22.6 Å². The number of hydrogen-bond acceptors (Lipinski definition) is 8. The lowest BCUT2D eigenvalue weighted by Crippen LogP contribution is -2.30. The largest absolute Gasteiger partial charge is 0.507 e. The number of nitrogens with one attached hydrogen (secondary N) is 3. The zero-order chi connectivity index (χ0) is 32.5. The van der Waals surface area contributed by atoms with Crippen molar-refractivity contribution >= 4 is 58.6 Å². The van der Waals surface area contributed by atoms with Gasteiger partial charge in [-0.3, -0.25) is 24.5 Å². The number of carboxylic acids is 1. The Labute approximate surface area is 260 Å². The number of hydrogen-bond donors (Lipinski definition) is 5. The molecule has 0 saturated carbocycles. The molecule has 0 spiro atoms. The van der Waals surface area contributed by atoms with E-state index in [9.17, 15) is 39.5 Å². The van der Waals surface area contributed by atoms with Crippen LogP contribution in [0.4, 0.5) is 17.1 Å². The number of aromatic hydroxyl groups is 1. The van der Waals surface area contributed by atoms with Gasteiger partial charge in [-0.1, -0.05) is 24.3 Å². The average molecular weight is 627 g/mol. The predicted molar refractivity (Wildman–Crippen MR) is 169 cm³/mol. The van der Waals surface area contributed by atoms with Crippen LogP contribution in [0.1, 0.15) is 33.2 Å². The Bertz CT molecular complexity index is 1790. The van der Waals surface area contributed by atoms with Gasteiger partial charge in [0.2, 0.25) is 5.91 Å². The Balaban J connectivity index is 1.49. The van der Waals surface area contributed by atoms with E-state index in [1.54, 1.807) is 61.5 Å². The third kappa shape index (κ3) is 8.78. The normalized spacial score (nSPS) is 11.6. The molecule has 0 heterocycles. The van der Waals surface area contributed by atoms with Gasteiger partial charge in [0, 0.05) is 34.0 Å². The van der Waals surface area contributed by atoms with E-state index in [1.165, 1.54) is 54.2 Å². The number of aromatic carboxylic acids is 1. The maximum atomic E-state index is 13.4. The zero-order valence-corrected chi connectivity index (χ0v) is 24.4. The Morgan fingerprint density at radius 3 is 2.22 bits per heavy atom. The summed E-state index contributed by atoms with van der Waals surface area (Å²) in [5, 5.41) is 37.2. The van der Waals surface area contributed by atoms with Crippen LogP contribution in [0.2, 0.25) is 0 Å². The highest BCUT2D eigenvalue weighted by molar-refractivity contribution is 8.00. The molecule has 0 saturated heterocycles. The summed E-state index contributed by atoms with van der Waals surface area (Å²) in [5.74, 6) is -3.38. The fraction of sp³-hybridized carbons (Fsp3) is 0.0625. The molecule has 0 radical (unpaired) electrons. The summed E-state index contributed by atoms with van der Waals surface area (Å²) < 4.78 is 0. The number of nitrogens with zero attached hydrogens (tertiary/aromatic N) is 1. The Hall–Kier alpha value is -5.95. The smallest absolute Gasteiger partial charge is 0.339 e. The van der Waals surface area contributed by atoms with Gasteiger partial charge in [-0.05, 0) is 79.2 Å². The molecule has 1 atom stereocenters. The fourth-order valence-corrected chi connectivity index (χ4v) is 4.86. The van der Waals surface area contributed by atoms with E-state index in [2.05, 4.69) is 16.0 Å². The minimum atomic E-state index is -1.34. The standard InChI is InChI=1S/C32H26N4O8S/c1-19(29(38)33-23-12-15-28(37)26(18-23)32(41)42)45-25-9-5-8-22(17-25)34-31(40)27(35-30(39)21-6-3-2-4-7-21)16-20-10-13-24(14-11-20)36(43)44/h2-19,37H,1H3,(H,33,38)(H,34,40)(H,35,39)(H,41,42)/b27-16+. The predicted octanol–water partition coefficient (Wildman–Crippen LogP) is 5.53. The Morgan fingerprint density at radius 1 is 0.867 bits per heavy atom. The second kappa shape index (κ2) is 14.5. The lowest BCUT2D eigenvalue weighted by molar-refractivity contribution is -0.384. The van der Waals surface area contributed by atoms with Crippen molar-refractivity contribution in [1.29, 1.82) is 0 Å². The number of nitro groups is 1. The summed E-state index contributed by atoms with van der Waals surface area (Å²) in [6, 6.07) is 24.1. The maximum Gasteiger partial charge on any atom is 0.339 e. The molecule has 4 rings (SSSR count). The van der Waals surface area contributed by atoms with Crippen LogP contribution in [0.5, 0.6) is 5.75 Å². The van der Waals surface area contributed by atoms with Crippen molar-refractivity contribution < 1.29 is 34.3 Å². The van der Waals surface area contributed by atoms with Crippen molar-refractivity contribution in [2.45, 2.75) is 17.1 Å². The summed E-state index contributed by atoms with van der Waals surface area (Å²) in [4.78, 5) is 61.4. The zero-order valence-electron chi connectivity index (χ0n) is 23.6. The quantitative estimate of drug-likeness (QED) is 0.0469. The number of rotatable bonds is 11. The number of amides is 3. The number of carboxylic acid groups (broad SMARTS) is 1. The summed E-state index contributed by atoms with van der Waals surface area (Å²) in [7, 11) is 0. The molecular formula is C32H26N4O8S. The van der Waals surface area contributed by atoms with Gasteiger partial charge in [-0.2, -0.15) is 0 Å². The Kier molecular flexibility index (Phi) is 10.3. The summed E-state index contributed by atoms with van der Waals surface area (Å²) in [6.45, 7) is 1.65. The van der Waals surface area contributed by atoms with Crippen LogP contribution in [-0.2, 0) is 9.59 Å². The van der Waals surface area contributed by atoms with E-state index in [0.717, 1.165) is 6.07 Å². The number of benzene rings is 4. The first-order valence-electron chi connectivity index (χ1n) is 13.3. The summed E-state index contributed by atoms with van der Waals surface area (Å²) in [5.41, 5.74) is 0.733. The van der Waals surface area contributed by atoms with E-state index < -0.39 is 39.6 Å². The number of anilines is 2. The van der Waals surface area contributed by atoms with E-state index in [1.807, 2.05) is 0 Å². The molecule has 45 heavy (non-hydrogen) atoms. The van der Waals surface area contributed by atoms with Crippen LogP contribution in [0.3, 0.4) is 0 Å². The van der Waals surface area contributed by atoms with Crippen LogP contribution < -0.4 is 16.0 Å². The topological polar surface area (TPSA) is 188 Å². The van der Waals surface area contributed by atoms with Gasteiger partial charge in [-0.25, -0.2) is 4.79 Å². The van der Waals surface area contributed by atoms with Crippen molar-refractivity contribution in [2.75, 3.05) is 10.6 Å². The molecule has 5 N–H and O–H groups in total. The van der Waals surface area contributed by atoms with Crippen LogP contribution in [0.15, 0.2) is 108 Å². The maximum absolute atomic E-state index is 13.4. The highest BCUT2D eigenvalue weighted by atomic mass is 32.2. The number of nitro benzene ring substituents is 1. The van der Waals surface area contributed by atoms with E-state index in [4.69, 9.17) is 0 Å². The van der Waals surface area contributed by atoms with Crippen molar-refractivity contribution in [3.63, 3.8) is 0 Å². The van der Waals surface area contributed by atoms with Crippen molar-refractivity contribution in [3.05, 3.63) is 130 Å². The number of phenols is 1. The SMILES string of the molecule is CC(Sc1cccc(NC(=O)/C(=C\c2ccc([N+](=O)[O-])cc2)NC(=O)c2ccccc2)c1)C(=O)Nc1ccc(O)c(C(=O)O)c1. The molecule has 0 fully saturated rings. The van der Waals surface area contributed by atoms with Gasteiger partial charge in [0.25, 0.3) is 17.5 Å². The average Bonchev–Trinajstić information content (AvgIpc) is 3.02. The van der Waals surface area contributed by atoms with Crippen molar-refractivity contribution in [3.8, 4) is 5.75 Å². The van der Waals surface area contributed by atoms with Gasteiger partial charge in [0.15, 0.2) is 0 Å². The fourth-order valence-electron chi connectivity index (χ4n) is 3.93. The highest BCUT2D eigenvalue weighted by Gasteiger charge is 2.19. The summed E-state index contributed by atoms with van der Waals surface area (Å²) >= 11 is 1.18. The molecule has 13 heteroatoms. The molecular weight excluding hydrogens is 600 g/mol. The first-order chi connectivity index (χ1) is 21.5. The minimum absolute atomic E-state index is 0.113. The molecule has 0 aliphatic heterocycles. The van der Waals surface area contributed by atoms with Gasteiger partial charge in [0.1, 0.15) is 17.0 Å². The first-order valence-corrected chi connectivity index (χ1v) is 14.2. The van der Waals surface area contributed by atoms with Crippen molar-refractivity contribution in [2.24, 2.45) is 0 Å². The Morgan fingerprint density at radius 2 is 1.56 bits per heavy atom. The first kappa shape index (κ1) is 32.0. The van der Waals surface area contributed by atoms with E-state index >= 15 is 0 Å². The molecule has 0 aliphatic carbocycles. The third-order valence-corrected chi connectivity index (χ3v) is 7.31. The summed E-state index contributed by atoms with van der Waals surface area (Å²) in [6.07, 6.45) is 1.39. The second-order valence-corrected chi connectivity index (χ2v) is 10.9. The molecule has 0 bridgehead atoms. The van der Waals surface area contributed by atoms with Gasteiger partial charge >= 0.3 is 5.97 Å². The minimum Gasteiger partial charge on any atom is -0.507 e. The molecule has 3 amide bonds. The monoisotopic (exact) mass is 626 g/mol. The van der Waals surface area contributed by atoms with Gasteiger partial charge < -0.3 is 26.2 Å². The molecule has 1 unspecified atom stereocenters. The van der Waals surface area contributed by atoms with Crippen LogP contribution >= 0.6 is 11.8 Å². The number of carbonyl (C=O) groups excluding carboxylic acids is 3. The van der Waals surface area contributed by atoms with Crippen LogP contribution in [-0.4, -0.2) is 44.1 Å². The number of carbonyl (C=O) groups is 4. The van der Waals surface area contributed by atoms with Crippen molar-refractivity contribution in [1.82, 2.24) is 5.32 Å². The molecule has 4 aromatic rings. The molecule has 0 aromatic heterocycles. The third-order valence-electron chi connectivity index (χ3n) is 6.21. The molecule has 4 aromatic carbocycles. The lowest BCUT2D eigenvalue weighted by atomic mass is 10.1. The molecule has 12 nitrogen and oxygen atoms in total. The van der Waals surface area contributed by atoms with Gasteiger partial charge in [-0.15, -0.1) is 11.8 Å². The second-order valence-electron chi connectivity index (χ2n) is 9.50. The van der Waals surface area contributed by atoms with E-state index in [0.29, 0.717) is 21.7 Å².